The molecule has 0 aliphatic carbocycles. The number of hydrogen-bond donors (Lipinski definition) is 1. The molecule has 3 heterocycles. The highest BCUT2D eigenvalue weighted by Crippen LogP contribution is 2.27. The van der Waals surface area contributed by atoms with Crippen molar-refractivity contribution >= 4 is 39.1 Å². The lowest BCUT2D eigenvalue weighted by Gasteiger charge is -2.05. The van der Waals surface area contributed by atoms with E-state index < -0.39 is 0 Å². The molecule has 0 unspecified atom stereocenters. The third-order valence-corrected chi connectivity index (χ3v) is 4.44. The molecule has 3 aromatic rings. The summed E-state index contributed by atoms with van der Waals surface area (Å²) in [5.74, 6) is 2.50. The molecule has 4 nitrogen and oxygen atoms in total. The van der Waals surface area contributed by atoms with E-state index in [-0.39, 0.29) is 0 Å². The Balaban J connectivity index is 1.85. The fourth-order valence-corrected chi connectivity index (χ4v) is 3.26. The van der Waals surface area contributed by atoms with Crippen LogP contribution in [0.4, 0.5) is 5.82 Å². The van der Waals surface area contributed by atoms with E-state index in [1.165, 1.54) is 4.90 Å². The molecular weight excluding hydrogens is 276 g/mol. The number of anilines is 1. The summed E-state index contributed by atoms with van der Waals surface area (Å²) in [7, 11) is 1.89. The predicted molar refractivity (Wildman–Crippen MR) is 80.8 cm³/mol. The first-order valence-corrected chi connectivity index (χ1v) is 7.68. The average molecular weight is 288 g/mol. The molecule has 0 aliphatic rings. The van der Waals surface area contributed by atoms with Crippen molar-refractivity contribution in [3.05, 3.63) is 41.8 Å². The first-order valence-electron chi connectivity index (χ1n) is 5.81. The summed E-state index contributed by atoms with van der Waals surface area (Å²) in [6.07, 6.45) is 3.59. The van der Waals surface area contributed by atoms with E-state index in [1.54, 1.807) is 35.5 Å². The van der Waals surface area contributed by atoms with Crippen LogP contribution >= 0.6 is 23.1 Å². The van der Waals surface area contributed by atoms with E-state index >= 15 is 0 Å². The number of rotatable bonds is 4. The second-order valence-corrected chi connectivity index (χ2v) is 5.79. The Morgan fingerprint density at radius 1 is 1.21 bits per heavy atom. The lowest BCUT2D eigenvalue weighted by atomic mass is 10.4. The molecule has 0 fully saturated rings. The number of nitrogens with one attached hydrogen (secondary N) is 1. The minimum Gasteiger partial charge on any atom is -0.372 e. The van der Waals surface area contributed by atoms with E-state index in [1.807, 2.05) is 30.6 Å². The van der Waals surface area contributed by atoms with E-state index in [4.69, 9.17) is 0 Å². The van der Waals surface area contributed by atoms with Crippen molar-refractivity contribution in [1.29, 1.82) is 0 Å². The van der Waals surface area contributed by atoms with Gasteiger partial charge in [0.2, 0.25) is 0 Å². The molecule has 6 heteroatoms. The zero-order valence-corrected chi connectivity index (χ0v) is 12.0. The average Bonchev–Trinajstić information content (AvgIpc) is 2.93. The molecule has 19 heavy (non-hydrogen) atoms. The van der Waals surface area contributed by atoms with Gasteiger partial charge in [-0.15, -0.1) is 23.1 Å². The maximum atomic E-state index is 4.59. The maximum absolute atomic E-state index is 4.59. The molecular formula is C13H12N4S2. The van der Waals surface area contributed by atoms with E-state index in [2.05, 4.69) is 20.3 Å². The van der Waals surface area contributed by atoms with Crippen molar-refractivity contribution in [2.75, 3.05) is 12.4 Å². The molecule has 1 N–H and O–H groups in total. The SMILES string of the molecule is CNc1nc(CSc2ccncc2)nc2sccc12. The van der Waals surface area contributed by atoms with Gasteiger partial charge in [0.15, 0.2) is 0 Å². The summed E-state index contributed by atoms with van der Waals surface area (Å²) >= 11 is 3.36. The van der Waals surface area contributed by atoms with Gasteiger partial charge in [-0.05, 0) is 23.6 Å². The Labute approximate surface area is 119 Å². The largest absolute Gasteiger partial charge is 0.372 e. The summed E-state index contributed by atoms with van der Waals surface area (Å²) in [5, 5.41) is 6.26. The third-order valence-electron chi connectivity index (χ3n) is 2.63. The van der Waals surface area contributed by atoms with E-state index in [0.29, 0.717) is 0 Å². The highest BCUT2D eigenvalue weighted by Gasteiger charge is 2.08. The van der Waals surface area contributed by atoms with Crippen LogP contribution in [0.2, 0.25) is 0 Å². The zero-order valence-electron chi connectivity index (χ0n) is 10.3. The summed E-state index contributed by atoms with van der Waals surface area (Å²) in [6.45, 7) is 0. The van der Waals surface area contributed by atoms with Crippen LogP contribution in [0.15, 0.2) is 40.9 Å². The summed E-state index contributed by atoms with van der Waals surface area (Å²) < 4.78 is 0. The van der Waals surface area contributed by atoms with Crippen LogP contribution in [0, 0.1) is 0 Å². The van der Waals surface area contributed by atoms with Crippen LogP contribution < -0.4 is 5.32 Å². The number of thiophene rings is 1. The first-order chi connectivity index (χ1) is 9.36. The maximum Gasteiger partial charge on any atom is 0.142 e. The second kappa shape index (κ2) is 5.54. The van der Waals surface area contributed by atoms with Crippen molar-refractivity contribution in [3.63, 3.8) is 0 Å². The lowest BCUT2D eigenvalue weighted by Crippen LogP contribution is -1.99. The van der Waals surface area contributed by atoms with Gasteiger partial charge in [0, 0.05) is 24.3 Å². The molecule has 0 radical (unpaired) electrons. The van der Waals surface area contributed by atoms with Gasteiger partial charge in [0.25, 0.3) is 0 Å². The van der Waals surface area contributed by atoms with Crippen LogP contribution in [0.5, 0.6) is 0 Å². The van der Waals surface area contributed by atoms with E-state index in [0.717, 1.165) is 27.6 Å². The standard InChI is InChI=1S/C13H12N4S2/c1-14-12-10-4-7-18-13(10)17-11(16-12)8-19-9-2-5-15-6-3-9/h2-7H,8H2,1H3,(H,14,16,17). The number of pyridine rings is 1. The van der Waals surface area contributed by atoms with Crippen molar-refractivity contribution < 1.29 is 0 Å². The summed E-state index contributed by atoms with van der Waals surface area (Å²) in [4.78, 5) is 15.4. The van der Waals surface area contributed by atoms with Gasteiger partial charge >= 0.3 is 0 Å². The number of thioether (sulfide) groups is 1. The molecule has 0 aromatic carbocycles. The smallest absolute Gasteiger partial charge is 0.142 e. The lowest BCUT2D eigenvalue weighted by molar-refractivity contribution is 1.07. The number of aromatic nitrogens is 3. The Morgan fingerprint density at radius 2 is 2.05 bits per heavy atom. The van der Waals surface area contributed by atoms with E-state index in [9.17, 15) is 0 Å². The molecule has 96 valence electrons. The van der Waals surface area contributed by atoms with Gasteiger partial charge in [-0.25, -0.2) is 9.97 Å². The van der Waals surface area contributed by atoms with Gasteiger partial charge < -0.3 is 5.32 Å². The summed E-state index contributed by atoms with van der Waals surface area (Å²) in [5.41, 5.74) is 0. The molecule has 0 amide bonds. The van der Waals surface area contributed by atoms with Gasteiger partial charge in [-0.1, -0.05) is 0 Å². The number of fused-ring (bicyclic) bond motifs is 1. The van der Waals surface area contributed by atoms with Crippen molar-refractivity contribution in [1.82, 2.24) is 15.0 Å². The molecule has 0 bridgehead atoms. The fraction of sp³-hybridized carbons (Fsp3) is 0.154. The molecule has 3 aromatic heterocycles. The molecule has 0 aliphatic heterocycles. The molecule has 0 atom stereocenters. The molecule has 0 saturated heterocycles. The Morgan fingerprint density at radius 3 is 2.84 bits per heavy atom. The van der Waals surface area contributed by atoms with Crippen molar-refractivity contribution in [2.45, 2.75) is 10.6 Å². The summed E-state index contributed by atoms with van der Waals surface area (Å²) in [6, 6.07) is 6.03. The normalized spacial score (nSPS) is 10.8. The van der Waals surface area contributed by atoms with Crippen molar-refractivity contribution in [2.24, 2.45) is 0 Å². The molecule has 3 rings (SSSR count). The second-order valence-electron chi connectivity index (χ2n) is 3.85. The van der Waals surface area contributed by atoms with Gasteiger partial charge in [0.05, 0.1) is 11.1 Å². The highest BCUT2D eigenvalue weighted by molar-refractivity contribution is 7.98. The highest BCUT2D eigenvalue weighted by atomic mass is 32.2. The first kappa shape index (κ1) is 12.4. The van der Waals surface area contributed by atoms with Crippen LogP contribution in [0.3, 0.4) is 0 Å². The van der Waals surface area contributed by atoms with Crippen LogP contribution in [0.1, 0.15) is 5.82 Å². The van der Waals surface area contributed by atoms with Gasteiger partial charge in [0.1, 0.15) is 16.5 Å². The monoisotopic (exact) mass is 288 g/mol. The topological polar surface area (TPSA) is 50.7 Å². The van der Waals surface area contributed by atoms with Crippen LogP contribution in [-0.4, -0.2) is 22.0 Å². The zero-order chi connectivity index (χ0) is 13.1. The minimum absolute atomic E-state index is 0.756. The molecule has 0 spiro atoms. The Bertz CT molecular complexity index is 681. The quantitative estimate of drug-likeness (QED) is 0.745. The molecule has 0 saturated carbocycles. The number of hydrogen-bond acceptors (Lipinski definition) is 6. The third kappa shape index (κ3) is 2.69. The fourth-order valence-electron chi connectivity index (χ4n) is 1.74. The van der Waals surface area contributed by atoms with Gasteiger partial charge in [-0.3, -0.25) is 4.98 Å². The number of nitrogens with zero attached hydrogens (tertiary/aromatic N) is 3. The minimum atomic E-state index is 0.756. The van der Waals surface area contributed by atoms with Crippen LogP contribution in [-0.2, 0) is 5.75 Å². The van der Waals surface area contributed by atoms with Gasteiger partial charge in [-0.2, -0.15) is 0 Å². The predicted octanol–water partition coefficient (Wildman–Crippen LogP) is 3.42. The Kier molecular flexibility index (Phi) is 3.61. The Hall–Kier alpha value is -1.66. The van der Waals surface area contributed by atoms with Crippen molar-refractivity contribution in [3.8, 4) is 0 Å². The van der Waals surface area contributed by atoms with Crippen LogP contribution in [0.25, 0.3) is 10.2 Å².